The summed E-state index contributed by atoms with van der Waals surface area (Å²) < 4.78 is 5.23. The molecule has 2 N–H and O–H groups in total. The highest BCUT2D eigenvalue weighted by molar-refractivity contribution is 5.56. The molecular formula is C21H27N3O2. The van der Waals surface area contributed by atoms with Crippen LogP contribution in [-0.2, 0) is 6.42 Å². The molecule has 26 heavy (non-hydrogen) atoms. The maximum Gasteiger partial charge on any atom is 0.119 e. The fraction of sp³-hybridized carbons (Fsp3) is 0.429. The molecule has 0 bridgehead atoms. The quantitative estimate of drug-likeness (QED) is 0.865. The third-order valence-corrected chi connectivity index (χ3v) is 5.46. The zero-order chi connectivity index (χ0) is 17.9. The molecule has 2 aliphatic rings. The molecule has 0 radical (unpaired) electrons. The predicted octanol–water partition coefficient (Wildman–Crippen LogP) is 2.52. The first-order valence-electron chi connectivity index (χ1n) is 9.39. The second-order valence-electron chi connectivity index (χ2n) is 7.09. The van der Waals surface area contributed by atoms with Crippen molar-refractivity contribution in [3.63, 3.8) is 0 Å². The van der Waals surface area contributed by atoms with Crippen molar-refractivity contribution in [2.75, 3.05) is 56.6 Å². The summed E-state index contributed by atoms with van der Waals surface area (Å²) in [6.07, 6.45) is 0.629. The summed E-state index contributed by atoms with van der Waals surface area (Å²) in [5.74, 6) is 0.889. The van der Waals surface area contributed by atoms with Gasteiger partial charge >= 0.3 is 0 Å². The Labute approximate surface area is 155 Å². The number of hydrogen-bond acceptors (Lipinski definition) is 5. The number of nitrogens with one attached hydrogen (secondary N) is 1. The van der Waals surface area contributed by atoms with Crippen LogP contribution in [0.25, 0.3) is 0 Å². The highest BCUT2D eigenvalue weighted by Gasteiger charge is 2.21. The molecule has 1 saturated heterocycles. The summed E-state index contributed by atoms with van der Waals surface area (Å²) in [5, 5.41) is 14.0. The van der Waals surface area contributed by atoms with E-state index in [1.54, 1.807) is 7.11 Å². The molecule has 0 amide bonds. The van der Waals surface area contributed by atoms with Crippen molar-refractivity contribution in [2.24, 2.45) is 0 Å². The lowest BCUT2D eigenvalue weighted by atomic mass is 10.0. The standard InChI is InChI=1S/C21H27N3O2/c1-26-19-5-3-18(4-6-19)24-12-10-23(11-13-24)15-21(25)17-2-7-20-16(14-17)8-9-22-20/h2-7,14,21-22,25H,8-13,15H2,1H3/t21-/m1/s1. The molecule has 0 aromatic heterocycles. The molecule has 0 spiro atoms. The lowest BCUT2D eigenvalue weighted by molar-refractivity contribution is 0.109. The number of nitrogens with zero attached hydrogens (tertiary/aromatic N) is 2. The second kappa shape index (κ2) is 7.56. The summed E-state index contributed by atoms with van der Waals surface area (Å²) in [5.41, 5.74) is 4.81. The Morgan fingerprint density at radius 2 is 1.85 bits per heavy atom. The number of aliphatic hydroxyl groups is 1. The van der Waals surface area contributed by atoms with Crippen molar-refractivity contribution in [3.05, 3.63) is 53.6 Å². The van der Waals surface area contributed by atoms with Gasteiger partial charge in [0.25, 0.3) is 0 Å². The Hall–Kier alpha value is -2.24. The van der Waals surface area contributed by atoms with E-state index in [-0.39, 0.29) is 0 Å². The third kappa shape index (κ3) is 3.64. The van der Waals surface area contributed by atoms with Crippen LogP contribution in [0, 0.1) is 0 Å². The molecule has 2 aromatic rings. The first-order chi connectivity index (χ1) is 12.7. The number of ether oxygens (including phenoxy) is 1. The molecule has 0 aliphatic carbocycles. The fourth-order valence-corrected chi connectivity index (χ4v) is 3.86. The van der Waals surface area contributed by atoms with Gasteiger partial charge in [-0.05, 0) is 47.9 Å². The van der Waals surface area contributed by atoms with Gasteiger partial charge in [-0.25, -0.2) is 0 Å². The fourth-order valence-electron chi connectivity index (χ4n) is 3.86. The Balaban J connectivity index is 1.31. The molecule has 1 fully saturated rings. The number of rotatable bonds is 5. The van der Waals surface area contributed by atoms with Crippen LogP contribution in [0.15, 0.2) is 42.5 Å². The van der Waals surface area contributed by atoms with Crippen LogP contribution < -0.4 is 15.0 Å². The number of β-amino-alcohol motifs (C(OH)–C–C–N with tert-alkyl or cyclic N) is 1. The Morgan fingerprint density at radius 3 is 2.58 bits per heavy atom. The van der Waals surface area contributed by atoms with Crippen molar-refractivity contribution in [1.29, 1.82) is 0 Å². The smallest absolute Gasteiger partial charge is 0.119 e. The number of aliphatic hydroxyl groups excluding tert-OH is 1. The first kappa shape index (κ1) is 17.2. The Kier molecular flexibility index (Phi) is 5.00. The normalized spacial score (nSPS) is 18.3. The van der Waals surface area contributed by atoms with Crippen molar-refractivity contribution >= 4 is 11.4 Å². The molecule has 0 unspecified atom stereocenters. The maximum absolute atomic E-state index is 10.7. The Bertz CT molecular complexity index is 739. The highest BCUT2D eigenvalue weighted by Crippen LogP contribution is 2.27. The van der Waals surface area contributed by atoms with Gasteiger partial charge < -0.3 is 20.1 Å². The maximum atomic E-state index is 10.7. The van der Waals surface area contributed by atoms with E-state index < -0.39 is 6.10 Å². The van der Waals surface area contributed by atoms with Crippen molar-refractivity contribution in [2.45, 2.75) is 12.5 Å². The zero-order valence-corrected chi connectivity index (χ0v) is 15.3. The summed E-state index contributed by atoms with van der Waals surface area (Å²) in [6.45, 7) is 5.59. The molecule has 5 heteroatoms. The molecule has 5 nitrogen and oxygen atoms in total. The molecule has 2 aliphatic heterocycles. The topological polar surface area (TPSA) is 48.0 Å². The van der Waals surface area contributed by atoms with Gasteiger partial charge in [0.15, 0.2) is 0 Å². The van der Waals surface area contributed by atoms with E-state index in [4.69, 9.17) is 4.74 Å². The molecule has 2 aromatic carbocycles. The number of piperazine rings is 1. The van der Waals surface area contributed by atoms with Crippen LogP contribution in [0.4, 0.5) is 11.4 Å². The van der Waals surface area contributed by atoms with Gasteiger partial charge in [0.2, 0.25) is 0 Å². The SMILES string of the molecule is COc1ccc(N2CCN(C[C@@H](O)c3ccc4c(c3)CCN4)CC2)cc1. The molecule has 138 valence electrons. The van der Waals surface area contributed by atoms with Gasteiger partial charge in [0.1, 0.15) is 5.75 Å². The van der Waals surface area contributed by atoms with Crippen LogP contribution in [-0.4, -0.2) is 56.4 Å². The van der Waals surface area contributed by atoms with Crippen molar-refractivity contribution in [1.82, 2.24) is 4.90 Å². The molecule has 2 heterocycles. The zero-order valence-electron chi connectivity index (χ0n) is 15.3. The summed E-state index contributed by atoms with van der Waals surface area (Å²) in [6, 6.07) is 14.6. The van der Waals surface area contributed by atoms with Gasteiger partial charge in [0.05, 0.1) is 13.2 Å². The van der Waals surface area contributed by atoms with Gasteiger partial charge in [-0.1, -0.05) is 12.1 Å². The Morgan fingerprint density at radius 1 is 1.08 bits per heavy atom. The van der Waals surface area contributed by atoms with Gasteiger partial charge in [-0.2, -0.15) is 0 Å². The van der Waals surface area contributed by atoms with E-state index in [0.717, 1.165) is 50.5 Å². The van der Waals surface area contributed by atoms with Crippen molar-refractivity contribution in [3.8, 4) is 5.75 Å². The molecule has 1 atom stereocenters. The minimum atomic E-state index is -0.423. The number of fused-ring (bicyclic) bond motifs is 1. The van der Waals surface area contributed by atoms with E-state index in [2.05, 4.69) is 45.4 Å². The third-order valence-electron chi connectivity index (χ3n) is 5.46. The van der Waals surface area contributed by atoms with E-state index >= 15 is 0 Å². The van der Waals surface area contributed by atoms with E-state index in [9.17, 15) is 5.11 Å². The number of methoxy groups -OCH3 is 1. The van der Waals surface area contributed by atoms with Gasteiger partial charge in [-0.3, -0.25) is 4.90 Å². The summed E-state index contributed by atoms with van der Waals surface area (Å²) >= 11 is 0. The number of benzene rings is 2. The summed E-state index contributed by atoms with van der Waals surface area (Å²) in [4.78, 5) is 4.75. The van der Waals surface area contributed by atoms with Crippen LogP contribution >= 0.6 is 0 Å². The van der Waals surface area contributed by atoms with Crippen LogP contribution in [0.5, 0.6) is 5.75 Å². The first-order valence-corrected chi connectivity index (χ1v) is 9.39. The van der Waals surface area contributed by atoms with Crippen LogP contribution in [0.3, 0.4) is 0 Å². The monoisotopic (exact) mass is 353 g/mol. The van der Waals surface area contributed by atoms with Crippen molar-refractivity contribution < 1.29 is 9.84 Å². The predicted molar refractivity (Wildman–Crippen MR) is 105 cm³/mol. The van der Waals surface area contributed by atoms with Gasteiger partial charge in [0, 0.05) is 50.6 Å². The number of anilines is 2. The van der Waals surface area contributed by atoms with Gasteiger partial charge in [-0.15, -0.1) is 0 Å². The minimum absolute atomic E-state index is 0.423. The summed E-state index contributed by atoms with van der Waals surface area (Å²) in [7, 11) is 1.69. The van der Waals surface area contributed by atoms with E-state index in [1.165, 1.54) is 16.9 Å². The lowest BCUT2D eigenvalue weighted by Crippen LogP contribution is -2.47. The average Bonchev–Trinajstić information content (AvgIpc) is 3.16. The highest BCUT2D eigenvalue weighted by atomic mass is 16.5. The largest absolute Gasteiger partial charge is 0.497 e. The molecular weight excluding hydrogens is 326 g/mol. The molecule has 0 saturated carbocycles. The minimum Gasteiger partial charge on any atom is -0.497 e. The average molecular weight is 353 g/mol. The second-order valence-corrected chi connectivity index (χ2v) is 7.09. The van der Waals surface area contributed by atoms with E-state index in [1.807, 2.05) is 12.1 Å². The van der Waals surface area contributed by atoms with Crippen LogP contribution in [0.2, 0.25) is 0 Å². The molecule has 4 rings (SSSR count). The van der Waals surface area contributed by atoms with Crippen LogP contribution in [0.1, 0.15) is 17.2 Å². The lowest BCUT2D eigenvalue weighted by Gasteiger charge is -2.37. The van der Waals surface area contributed by atoms with E-state index in [0.29, 0.717) is 6.54 Å². The number of hydrogen-bond donors (Lipinski definition) is 2.